The average molecular weight is 247 g/mol. The van der Waals surface area contributed by atoms with E-state index in [4.69, 9.17) is 5.73 Å². The molecule has 0 amide bonds. The third-order valence-corrected chi connectivity index (χ3v) is 3.71. The first-order valence-electron chi connectivity index (χ1n) is 5.76. The van der Waals surface area contributed by atoms with Gasteiger partial charge in [-0.1, -0.05) is 43.0 Å². The molecule has 1 unspecified atom stereocenters. The highest BCUT2D eigenvalue weighted by atomic mass is 32.2. The van der Waals surface area contributed by atoms with Crippen LogP contribution in [0.2, 0.25) is 0 Å². The topological polar surface area (TPSA) is 54.7 Å². The van der Waals surface area contributed by atoms with Crippen LogP contribution < -0.4 is 5.73 Å². The highest BCUT2D eigenvalue weighted by molar-refractivity contribution is 7.99. The first-order chi connectivity index (χ1) is 8.29. The molecule has 1 aromatic carbocycles. The van der Waals surface area contributed by atoms with Gasteiger partial charge in [-0.3, -0.25) is 0 Å². The minimum absolute atomic E-state index is 0.0519. The Morgan fingerprint density at radius 3 is 2.71 bits per heavy atom. The Hall–Kier alpha value is -1.26. The van der Waals surface area contributed by atoms with E-state index in [-0.39, 0.29) is 6.04 Å². The number of rotatable bonds is 5. The van der Waals surface area contributed by atoms with Crippen molar-refractivity contribution >= 4 is 11.8 Å². The summed E-state index contributed by atoms with van der Waals surface area (Å²) in [6.45, 7) is 2.15. The number of aromatic nitrogens is 2. The molecule has 0 saturated heterocycles. The zero-order chi connectivity index (χ0) is 12.1. The van der Waals surface area contributed by atoms with Crippen LogP contribution in [0.1, 0.15) is 24.1 Å². The van der Waals surface area contributed by atoms with E-state index in [2.05, 4.69) is 41.2 Å². The molecule has 0 spiro atoms. The number of nitrogens with two attached hydrogens (primary N) is 1. The Bertz CT molecular complexity index is 436. The number of nitrogens with one attached hydrogen (secondary N) is 1. The van der Waals surface area contributed by atoms with Gasteiger partial charge in [0, 0.05) is 24.2 Å². The van der Waals surface area contributed by atoms with Crippen LogP contribution in [0.4, 0.5) is 0 Å². The van der Waals surface area contributed by atoms with E-state index in [1.54, 1.807) is 18.0 Å². The van der Waals surface area contributed by atoms with Gasteiger partial charge in [0.25, 0.3) is 0 Å². The van der Waals surface area contributed by atoms with Crippen molar-refractivity contribution in [3.63, 3.8) is 0 Å². The number of imidazole rings is 1. The molecule has 0 saturated carbocycles. The van der Waals surface area contributed by atoms with Crippen LogP contribution >= 0.6 is 11.8 Å². The van der Waals surface area contributed by atoms with E-state index >= 15 is 0 Å². The first kappa shape index (κ1) is 12.2. The third kappa shape index (κ3) is 3.35. The SMILES string of the molecule is CCc1ccc(C(N)CSc2ncc[nH]2)cc1. The number of benzene rings is 1. The molecule has 0 fully saturated rings. The predicted molar refractivity (Wildman–Crippen MR) is 72.1 cm³/mol. The molecule has 2 rings (SSSR count). The zero-order valence-corrected chi connectivity index (χ0v) is 10.7. The minimum Gasteiger partial charge on any atom is -0.340 e. The second-order valence-corrected chi connectivity index (χ2v) is 4.92. The van der Waals surface area contributed by atoms with E-state index in [1.165, 1.54) is 11.1 Å². The van der Waals surface area contributed by atoms with Crippen molar-refractivity contribution in [3.05, 3.63) is 47.8 Å². The Morgan fingerprint density at radius 2 is 2.12 bits per heavy atom. The molecule has 1 aromatic heterocycles. The van der Waals surface area contributed by atoms with Gasteiger partial charge in [0.2, 0.25) is 0 Å². The molecule has 4 heteroatoms. The van der Waals surface area contributed by atoms with Gasteiger partial charge in [-0.2, -0.15) is 0 Å². The van der Waals surface area contributed by atoms with Gasteiger partial charge < -0.3 is 10.7 Å². The van der Waals surface area contributed by atoms with Gasteiger partial charge >= 0.3 is 0 Å². The summed E-state index contributed by atoms with van der Waals surface area (Å²) in [5, 5.41) is 0.922. The number of aryl methyl sites for hydroxylation is 1. The summed E-state index contributed by atoms with van der Waals surface area (Å²) < 4.78 is 0. The van der Waals surface area contributed by atoms with Crippen LogP contribution in [-0.2, 0) is 6.42 Å². The molecule has 0 aliphatic heterocycles. The standard InChI is InChI=1S/C13H17N3S/c1-2-10-3-5-11(6-4-10)12(14)9-17-13-15-7-8-16-13/h3-8,12H,2,9,14H2,1H3,(H,15,16). The van der Waals surface area contributed by atoms with Crippen LogP contribution in [0, 0.1) is 0 Å². The highest BCUT2D eigenvalue weighted by Crippen LogP contribution is 2.20. The van der Waals surface area contributed by atoms with Gasteiger partial charge in [-0.15, -0.1) is 0 Å². The largest absolute Gasteiger partial charge is 0.340 e. The normalized spacial score (nSPS) is 12.6. The van der Waals surface area contributed by atoms with Crippen molar-refractivity contribution in [2.24, 2.45) is 5.73 Å². The highest BCUT2D eigenvalue weighted by Gasteiger charge is 2.07. The molecule has 0 radical (unpaired) electrons. The fraction of sp³-hybridized carbons (Fsp3) is 0.308. The van der Waals surface area contributed by atoms with Crippen LogP contribution in [-0.4, -0.2) is 15.7 Å². The van der Waals surface area contributed by atoms with E-state index in [0.717, 1.165) is 17.3 Å². The second kappa shape index (κ2) is 5.89. The summed E-state index contributed by atoms with van der Waals surface area (Å²) in [5.41, 5.74) is 8.67. The van der Waals surface area contributed by atoms with Gasteiger partial charge in [-0.25, -0.2) is 4.98 Å². The van der Waals surface area contributed by atoms with E-state index in [0.29, 0.717) is 0 Å². The molecule has 2 aromatic rings. The summed E-state index contributed by atoms with van der Waals surface area (Å²) in [4.78, 5) is 7.22. The Kier molecular flexibility index (Phi) is 4.23. The summed E-state index contributed by atoms with van der Waals surface area (Å²) in [6.07, 6.45) is 4.64. The maximum absolute atomic E-state index is 6.14. The van der Waals surface area contributed by atoms with Crippen LogP contribution in [0.3, 0.4) is 0 Å². The lowest BCUT2D eigenvalue weighted by Gasteiger charge is -2.11. The molecule has 0 aliphatic rings. The molecule has 0 aliphatic carbocycles. The second-order valence-electron chi connectivity index (χ2n) is 3.91. The van der Waals surface area contributed by atoms with Crippen LogP contribution in [0.5, 0.6) is 0 Å². The maximum atomic E-state index is 6.14. The van der Waals surface area contributed by atoms with Crippen LogP contribution in [0.25, 0.3) is 0 Å². The van der Waals surface area contributed by atoms with Gasteiger partial charge in [-0.05, 0) is 17.5 Å². The average Bonchev–Trinajstić information content (AvgIpc) is 2.89. The molecule has 0 bridgehead atoms. The summed E-state index contributed by atoms with van der Waals surface area (Å²) in [5.74, 6) is 0.832. The summed E-state index contributed by atoms with van der Waals surface area (Å²) in [7, 11) is 0. The lowest BCUT2D eigenvalue weighted by Crippen LogP contribution is -2.13. The van der Waals surface area contributed by atoms with Crippen molar-refractivity contribution in [2.45, 2.75) is 24.5 Å². The minimum atomic E-state index is 0.0519. The van der Waals surface area contributed by atoms with E-state index < -0.39 is 0 Å². The number of aromatic amines is 1. The maximum Gasteiger partial charge on any atom is 0.165 e. The van der Waals surface area contributed by atoms with Crippen molar-refractivity contribution in [1.29, 1.82) is 0 Å². The quantitative estimate of drug-likeness (QED) is 0.799. The number of thioether (sulfide) groups is 1. The summed E-state index contributed by atoms with van der Waals surface area (Å²) >= 11 is 1.65. The van der Waals surface area contributed by atoms with Crippen molar-refractivity contribution in [1.82, 2.24) is 9.97 Å². The lowest BCUT2D eigenvalue weighted by atomic mass is 10.1. The molecule has 1 atom stereocenters. The number of hydrogen-bond donors (Lipinski definition) is 2. The van der Waals surface area contributed by atoms with Crippen molar-refractivity contribution in [3.8, 4) is 0 Å². The third-order valence-electron chi connectivity index (χ3n) is 2.69. The number of hydrogen-bond acceptors (Lipinski definition) is 3. The molecular weight excluding hydrogens is 230 g/mol. The molecule has 3 nitrogen and oxygen atoms in total. The fourth-order valence-electron chi connectivity index (χ4n) is 1.60. The van der Waals surface area contributed by atoms with E-state index in [1.807, 2.05) is 6.20 Å². The van der Waals surface area contributed by atoms with Gasteiger partial charge in [0.05, 0.1) is 0 Å². The Morgan fingerprint density at radius 1 is 1.35 bits per heavy atom. The van der Waals surface area contributed by atoms with Crippen molar-refractivity contribution in [2.75, 3.05) is 5.75 Å². The number of nitrogens with zero attached hydrogens (tertiary/aromatic N) is 1. The zero-order valence-electron chi connectivity index (χ0n) is 9.89. The fourth-order valence-corrected chi connectivity index (χ4v) is 2.41. The smallest absolute Gasteiger partial charge is 0.165 e. The molecule has 3 N–H and O–H groups in total. The van der Waals surface area contributed by atoms with Gasteiger partial charge in [0.1, 0.15) is 0 Å². The molecule has 90 valence electrons. The van der Waals surface area contributed by atoms with Crippen molar-refractivity contribution < 1.29 is 0 Å². The molecular formula is C13H17N3S. The first-order valence-corrected chi connectivity index (χ1v) is 6.74. The van der Waals surface area contributed by atoms with Gasteiger partial charge in [0.15, 0.2) is 5.16 Å². The van der Waals surface area contributed by atoms with E-state index in [9.17, 15) is 0 Å². The Balaban J connectivity index is 1.92. The van der Waals surface area contributed by atoms with Crippen LogP contribution in [0.15, 0.2) is 41.8 Å². The lowest BCUT2D eigenvalue weighted by molar-refractivity contribution is 0.827. The summed E-state index contributed by atoms with van der Waals surface area (Å²) in [6, 6.07) is 8.58. The Labute approximate surface area is 106 Å². The monoisotopic (exact) mass is 247 g/mol. The predicted octanol–water partition coefficient (Wildman–Crippen LogP) is 2.76. The number of H-pyrrole nitrogens is 1. The molecule has 1 heterocycles. The molecule has 17 heavy (non-hydrogen) atoms.